The first-order chi connectivity index (χ1) is 13.1. The second kappa shape index (κ2) is 10.9. The molecule has 6 heteroatoms. The molecule has 144 valence electrons. The number of aliphatic imine (C=N–C) groups is 1. The average molecular weight is 368 g/mol. The second-order valence-corrected chi connectivity index (χ2v) is 6.32. The minimum absolute atomic E-state index is 0.00561. The molecule has 0 saturated carbocycles. The number of methoxy groups -OCH3 is 1. The van der Waals surface area contributed by atoms with E-state index in [0.717, 1.165) is 24.3 Å². The number of hydrogen-bond acceptors (Lipinski definition) is 3. The molecule has 0 atom stereocenters. The van der Waals surface area contributed by atoms with Crippen molar-refractivity contribution >= 4 is 11.9 Å². The molecule has 0 radical (unpaired) electrons. The maximum absolute atomic E-state index is 11.9. The Morgan fingerprint density at radius 2 is 1.78 bits per heavy atom. The molecule has 0 aliphatic heterocycles. The Morgan fingerprint density at radius 3 is 2.48 bits per heavy atom. The van der Waals surface area contributed by atoms with Crippen LogP contribution in [0, 0.1) is 0 Å². The van der Waals surface area contributed by atoms with Crippen LogP contribution in [0.5, 0.6) is 5.75 Å². The highest BCUT2D eigenvalue weighted by molar-refractivity contribution is 5.86. The molecule has 2 aromatic rings. The Hall–Kier alpha value is -3.02. The lowest BCUT2D eigenvalue weighted by Gasteiger charge is -2.15. The van der Waals surface area contributed by atoms with Gasteiger partial charge >= 0.3 is 0 Å². The van der Waals surface area contributed by atoms with Crippen molar-refractivity contribution in [2.24, 2.45) is 4.99 Å². The molecule has 0 fully saturated rings. The molecule has 2 aromatic carbocycles. The SMILES string of the molecule is COc1cccc(CN=C(NCCc2ccccc2)NCC(=O)N(C)C)c1. The number of nitrogens with one attached hydrogen (secondary N) is 2. The minimum atomic E-state index is -0.00561. The number of likely N-dealkylation sites (N-methyl/N-ethyl adjacent to an activating group) is 1. The highest BCUT2D eigenvalue weighted by Gasteiger charge is 2.06. The maximum atomic E-state index is 11.9. The molecule has 1 amide bonds. The van der Waals surface area contributed by atoms with Gasteiger partial charge in [-0.2, -0.15) is 0 Å². The van der Waals surface area contributed by atoms with Crippen LogP contribution in [0.3, 0.4) is 0 Å². The molecule has 27 heavy (non-hydrogen) atoms. The fourth-order valence-electron chi connectivity index (χ4n) is 2.40. The van der Waals surface area contributed by atoms with E-state index in [-0.39, 0.29) is 12.5 Å². The summed E-state index contributed by atoms with van der Waals surface area (Å²) in [5.41, 5.74) is 2.29. The molecule has 0 heterocycles. The summed E-state index contributed by atoms with van der Waals surface area (Å²) < 4.78 is 5.25. The summed E-state index contributed by atoms with van der Waals surface area (Å²) in [5.74, 6) is 1.41. The topological polar surface area (TPSA) is 66.0 Å². The average Bonchev–Trinajstić information content (AvgIpc) is 2.70. The fraction of sp³-hybridized carbons (Fsp3) is 0.333. The lowest BCUT2D eigenvalue weighted by atomic mass is 10.1. The van der Waals surface area contributed by atoms with Crippen LogP contribution < -0.4 is 15.4 Å². The van der Waals surface area contributed by atoms with Crippen molar-refractivity contribution in [1.82, 2.24) is 15.5 Å². The van der Waals surface area contributed by atoms with Gasteiger partial charge in [-0.15, -0.1) is 0 Å². The van der Waals surface area contributed by atoms with E-state index in [1.807, 2.05) is 42.5 Å². The van der Waals surface area contributed by atoms with Gasteiger partial charge in [0, 0.05) is 20.6 Å². The smallest absolute Gasteiger partial charge is 0.241 e. The van der Waals surface area contributed by atoms with Crippen molar-refractivity contribution in [3.8, 4) is 5.75 Å². The number of benzene rings is 2. The Morgan fingerprint density at radius 1 is 1.04 bits per heavy atom. The molecule has 0 unspecified atom stereocenters. The minimum Gasteiger partial charge on any atom is -0.497 e. The van der Waals surface area contributed by atoms with E-state index < -0.39 is 0 Å². The van der Waals surface area contributed by atoms with Crippen LogP contribution in [0.25, 0.3) is 0 Å². The van der Waals surface area contributed by atoms with Crippen LogP contribution >= 0.6 is 0 Å². The van der Waals surface area contributed by atoms with E-state index >= 15 is 0 Å². The monoisotopic (exact) mass is 368 g/mol. The predicted molar refractivity (Wildman–Crippen MR) is 109 cm³/mol. The number of nitrogens with zero attached hydrogens (tertiary/aromatic N) is 2. The molecule has 0 aliphatic carbocycles. The molecule has 2 rings (SSSR count). The van der Waals surface area contributed by atoms with Crippen molar-refractivity contribution in [3.05, 3.63) is 65.7 Å². The van der Waals surface area contributed by atoms with E-state index in [9.17, 15) is 4.79 Å². The number of amides is 1. The van der Waals surface area contributed by atoms with E-state index in [2.05, 4.69) is 27.8 Å². The molecule has 0 saturated heterocycles. The third-order valence-electron chi connectivity index (χ3n) is 4.01. The largest absolute Gasteiger partial charge is 0.497 e. The fourth-order valence-corrected chi connectivity index (χ4v) is 2.40. The Labute approximate surface area is 161 Å². The van der Waals surface area contributed by atoms with Crippen molar-refractivity contribution in [2.75, 3.05) is 34.3 Å². The van der Waals surface area contributed by atoms with Gasteiger partial charge in [0.05, 0.1) is 20.2 Å². The summed E-state index contributed by atoms with van der Waals surface area (Å²) >= 11 is 0. The van der Waals surface area contributed by atoms with Crippen LogP contribution in [0.15, 0.2) is 59.6 Å². The molecule has 6 nitrogen and oxygen atoms in total. The van der Waals surface area contributed by atoms with Crippen LogP contribution in [-0.4, -0.2) is 51.1 Å². The number of rotatable bonds is 8. The van der Waals surface area contributed by atoms with Gasteiger partial charge in [-0.05, 0) is 29.7 Å². The molecule has 0 aromatic heterocycles. The molecule has 0 bridgehead atoms. The van der Waals surface area contributed by atoms with Crippen molar-refractivity contribution in [3.63, 3.8) is 0 Å². The molecular weight excluding hydrogens is 340 g/mol. The second-order valence-electron chi connectivity index (χ2n) is 6.32. The number of guanidine groups is 1. The van der Waals surface area contributed by atoms with E-state index in [1.54, 1.807) is 26.1 Å². The predicted octanol–water partition coefficient (Wildman–Crippen LogP) is 2.06. The lowest BCUT2D eigenvalue weighted by Crippen LogP contribution is -2.43. The highest BCUT2D eigenvalue weighted by atomic mass is 16.5. The van der Waals surface area contributed by atoms with E-state index in [4.69, 9.17) is 4.74 Å². The van der Waals surface area contributed by atoms with Crippen LogP contribution in [0.4, 0.5) is 0 Å². The summed E-state index contributed by atoms with van der Waals surface area (Å²) in [6.45, 7) is 1.42. The van der Waals surface area contributed by atoms with Gasteiger partial charge in [0.25, 0.3) is 0 Å². The lowest BCUT2D eigenvalue weighted by molar-refractivity contribution is -0.127. The van der Waals surface area contributed by atoms with Crippen LogP contribution in [0.2, 0.25) is 0 Å². The standard InChI is InChI=1S/C21H28N4O2/c1-25(2)20(26)16-24-21(22-13-12-17-8-5-4-6-9-17)23-15-18-10-7-11-19(14-18)27-3/h4-11,14H,12-13,15-16H2,1-3H3,(H2,22,23,24). The van der Waals surface area contributed by atoms with Crippen LogP contribution in [-0.2, 0) is 17.8 Å². The zero-order valence-corrected chi connectivity index (χ0v) is 16.2. The van der Waals surface area contributed by atoms with Gasteiger partial charge in [0.2, 0.25) is 5.91 Å². The van der Waals surface area contributed by atoms with Crippen molar-refractivity contribution in [2.45, 2.75) is 13.0 Å². The first-order valence-electron chi connectivity index (χ1n) is 8.97. The Kier molecular flexibility index (Phi) is 8.16. The first-order valence-corrected chi connectivity index (χ1v) is 8.97. The van der Waals surface area contributed by atoms with E-state index in [0.29, 0.717) is 12.5 Å². The van der Waals surface area contributed by atoms with Crippen molar-refractivity contribution < 1.29 is 9.53 Å². The summed E-state index contributed by atoms with van der Waals surface area (Å²) in [4.78, 5) is 18.0. The van der Waals surface area contributed by atoms with Gasteiger partial charge < -0.3 is 20.3 Å². The molecule has 0 aliphatic rings. The third kappa shape index (κ3) is 7.40. The van der Waals surface area contributed by atoms with Gasteiger partial charge in [0.15, 0.2) is 5.96 Å². The zero-order valence-electron chi connectivity index (χ0n) is 16.2. The summed E-state index contributed by atoms with van der Waals surface area (Å²) in [5, 5.41) is 6.40. The summed E-state index contributed by atoms with van der Waals surface area (Å²) in [6.07, 6.45) is 0.877. The van der Waals surface area contributed by atoms with Gasteiger partial charge in [-0.1, -0.05) is 42.5 Å². The molecule has 0 spiro atoms. The van der Waals surface area contributed by atoms with Gasteiger partial charge in [-0.3, -0.25) is 4.79 Å². The quantitative estimate of drug-likeness (QED) is 0.553. The van der Waals surface area contributed by atoms with Crippen LogP contribution in [0.1, 0.15) is 11.1 Å². The highest BCUT2D eigenvalue weighted by Crippen LogP contribution is 2.13. The Balaban J connectivity index is 1.97. The molecule has 2 N–H and O–H groups in total. The number of carbonyl (C=O) groups excluding carboxylic acids is 1. The zero-order chi connectivity index (χ0) is 19.5. The first kappa shape index (κ1) is 20.3. The molecular formula is C21H28N4O2. The number of ether oxygens (including phenoxy) is 1. The summed E-state index contributed by atoms with van der Waals surface area (Å²) in [7, 11) is 5.12. The number of hydrogen-bond donors (Lipinski definition) is 2. The Bertz CT molecular complexity index is 745. The third-order valence-corrected chi connectivity index (χ3v) is 4.01. The normalized spacial score (nSPS) is 11.0. The van der Waals surface area contributed by atoms with Crippen molar-refractivity contribution in [1.29, 1.82) is 0 Å². The number of carbonyl (C=O) groups is 1. The summed E-state index contributed by atoms with van der Waals surface area (Å²) in [6, 6.07) is 18.0. The van der Waals surface area contributed by atoms with Gasteiger partial charge in [-0.25, -0.2) is 4.99 Å². The van der Waals surface area contributed by atoms with E-state index in [1.165, 1.54) is 5.56 Å². The maximum Gasteiger partial charge on any atom is 0.241 e. The van der Waals surface area contributed by atoms with Gasteiger partial charge in [0.1, 0.15) is 5.75 Å².